The fraction of sp³-hybridized carbons (Fsp3) is 0.158. The van der Waals surface area contributed by atoms with Crippen molar-refractivity contribution in [1.29, 1.82) is 0 Å². The van der Waals surface area contributed by atoms with Crippen molar-refractivity contribution in [2.24, 2.45) is 0 Å². The zero-order valence-electron chi connectivity index (χ0n) is 14.1. The van der Waals surface area contributed by atoms with Crippen LogP contribution < -0.4 is 14.2 Å². The lowest BCUT2D eigenvalue weighted by molar-refractivity contribution is 0.356. The molecule has 0 radical (unpaired) electrons. The van der Waals surface area contributed by atoms with Crippen LogP contribution in [0.25, 0.3) is 11.4 Å². The number of halogens is 1. The van der Waals surface area contributed by atoms with Gasteiger partial charge in [-0.25, -0.2) is 4.98 Å². The van der Waals surface area contributed by atoms with E-state index in [0.29, 0.717) is 39.3 Å². The van der Waals surface area contributed by atoms with Crippen molar-refractivity contribution in [1.82, 2.24) is 9.97 Å². The summed E-state index contributed by atoms with van der Waals surface area (Å²) >= 11 is 11.6. The van der Waals surface area contributed by atoms with E-state index in [1.54, 1.807) is 20.3 Å². The summed E-state index contributed by atoms with van der Waals surface area (Å²) in [6.07, 6.45) is 0.614. The first-order valence-corrected chi connectivity index (χ1v) is 8.70. The van der Waals surface area contributed by atoms with E-state index in [0.717, 1.165) is 22.4 Å². The van der Waals surface area contributed by atoms with E-state index in [4.69, 9.17) is 38.0 Å². The van der Waals surface area contributed by atoms with Crippen LogP contribution >= 0.6 is 23.8 Å². The molecule has 4 rings (SSSR count). The van der Waals surface area contributed by atoms with Gasteiger partial charge < -0.3 is 19.2 Å². The van der Waals surface area contributed by atoms with Gasteiger partial charge >= 0.3 is 0 Å². The van der Waals surface area contributed by atoms with Crippen molar-refractivity contribution in [3.8, 4) is 34.5 Å². The molecule has 0 saturated carbocycles. The van der Waals surface area contributed by atoms with Gasteiger partial charge in [0, 0.05) is 17.0 Å². The van der Waals surface area contributed by atoms with Crippen molar-refractivity contribution in [2.45, 2.75) is 6.42 Å². The summed E-state index contributed by atoms with van der Waals surface area (Å²) in [5.74, 6) is 3.09. The van der Waals surface area contributed by atoms with Gasteiger partial charge in [0.25, 0.3) is 0 Å². The average Bonchev–Trinajstić information content (AvgIpc) is 2.66. The molecule has 3 aromatic rings. The van der Waals surface area contributed by atoms with Crippen LogP contribution in [-0.2, 0) is 6.42 Å². The maximum Gasteiger partial charge on any atom is 0.205 e. The molecule has 0 fully saturated rings. The predicted molar refractivity (Wildman–Crippen MR) is 102 cm³/mol. The van der Waals surface area contributed by atoms with Crippen molar-refractivity contribution < 1.29 is 14.2 Å². The molecule has 0 spiro atoms. The Labute approximate surface area is 160 Å². The van der Waals surface area contributed by atoms with E-state index in [2.05, 4.69) is 9.97 Å². The highest BCUT2D eigenvalue weighted by Gasteiger charge is 2.22. The van der Waals surface area contributed by atoms with Gasteiger partial charge in [0.1, 0.15) is 16.2 Å². The minimum Gasteiger partial charge on any atom is -0.493 e. The molecule has 1 N–H and O–H groups in total. The number of aromatic amines is 1. The first-order chi connectivity index (χ1) is 12.6. The predicted octanol–water partition coefficient (Wildman–Crippen LogP) is 5.17. The number of nitrogens with one attached hydrogen (secondary N) is 1. The van der Waals surface area contributed by atoms with Crippen LogP contribution in [0.3, 0.4) is 0 Å². The molecule has 0 atom stereocenters. The summed E-state index contributed by atoms with van der Waals surface area (Å²) in [6.45, 7) is 0. The zero-order chi connectivity index (χ0) is 18.3. The normalized spacial score (nSPS) is 12.0. The van der Waals surface area contributed by atoms with Gasteiger partial charge in [0.05, 0.1) is 25.3 Å². The molecule has 26 heavy (non-hydrogen) atoms. The molecule has 1 aliphatic heterocycles. The van der Waals surface area contributed by atoms with Gasteiger partial charge in [-0.3, -0.25) is 0 Å². The smallest absolute Gasteiger partial charge is 0.205 e. The lowest BCUT2D eigenvalue weighted by atomic mass is 10.0. The first-order valence-electron chi connectivity index (χ1n) is 7.91. The zero-order valence-corrected chi connectivity index (χ0v) is 15.7. The molecule has 1 aliphatic rings. The fourth-order valence-electron chi connectivity index (χ4n) is 3.01. The molecule has 0 aliphatic carbocycles. The Morgan fingerprint density at radius 2 is 2.04 bits per heavy atom. The van der Waals surface area contributed by atoms with Crippen LogP contribution in [0.5, 0.6) is 23.1 Å². The Morgan fingerprint density at radius 1 is 1.19 bits per heavy atom. The fourth-order valence-corrected chi connectivity index (χ4v) is 3.46. The van der Waals surface area contributed by atoms with Crippen molar-refractivity contribution in [3.05, 3.63) is 57.2 Å². The van der Waals surface area contributed by atoms with E-state index in [-0.39, 0.29) is 0 Å². The largest absolute Gasteiger partial charge is 0.493 e. The summed E-state index contributed by atoms with van der Waals surface area (Å²) < 4.78 is 17.4. The van der Waals surface area contributed by atoms with E-state index < -0.39 is 0 Å². The number of hydrogen-bond donors (Lipinski definition) is 1. The van der Waals surface area contributed by atoms with Gasteiger partial charge in [0.2, 0.25) is 5.88 Å². The summed E-state index contributed by atoms with van der Waals surface area (Å²) in [5.41, 5.74) is 2.56. The van der Waals surface area contributed by atoms with Gasteiger partial charge in [-0.2, -0.15) is 0 Å². The van der Waals surface area contributed by atoms with Crippen LogP contribution in [0.15, 0.2) is 36.4 Å². The first kappa shape index (κ1) is 16.9. The molecule has 7 heteroatoms. The second kappa shape index (κ2) is 6.63. The Kier molecular flexibility index (Phi) is 4.30. The van der Waals surface area contributed by atoms with Gasteiger partial charge in [-0.05, 0) is 30.3 Å². The van der Waals surface area contributed by atoms with Gasteiger partial charge in [0.15, 0.2) is 11.5 Å². The van der Waals surface area contributed by atoms with Crippen molar-refractivity contribution >= 4 is 23.8 Å². The van der Waals surface area contributed by atoms with Crippen LogP contribution in [0.4, 0.5) is 0 Å². The highest BCUT2D eigenvalue weighted by Crippen LogP contribution is 2.40. The third-order valence-corrected chi connectivity index (χ3v) is 4.81. The molecule has 0 unspecified atom stereocenters. The van der Waals surface area contributed by atoms with Crippen molar-refractivity contribution in [2.75, 3.05) is 14.2 Å². The molecular weight excluding hydrogens is 372 g/mol. The number of fused-ring (bicyclic) bond motifs is 2. The Hall–Kier alpha value is -2.57. The number of hydrogen-bond acceptors (Lipinski definition) is 5. The topological polar surface area (TPSA) is 56.4 Å². The quantitative estimate of drug-likeness (QED) is 0.492. The van der Waals surface area contributed by atoms with Gasteiger partial charge in [-0.15, -0.1) is 0 Å². The Balaban J connectivity index is 1.84. The number of ether oxygens (including phenoxy) is 3. The summed E-state index contributed by atoms with van der Waals surface area (Å²) in [7, 11) is 3.18. The van der Waals surface area contributed by atoms with E-state index in [1.807, 2.05) is 30.3 Å². The minimum absolute atomic E-state index is 0.476. The Morgan fingerprint density at radius 3 is 2.81 bits per heavy atom. The van der Waals surface area contributed by atoms with E-state index >= 15 is 0 Å². The standard InChI is InChI=1S/C19H15ClN2O3S/c1-23-15-5-3-4-12(16(15)24-2)17-21-18-13(19(26)22-17)9-10-8-11(20)6-7-14(10)25-18/h3-8H,9H2,1-2H3,(H,21,22,26). The molecule has 1 aromatic heterocycles. The lowest BCUT2D eigenvalue weighted by Gasteiger charge is -2.21. The van der Waals surface area contributed by atoms with E-state index in [9.17, 15) is 0 Å². The number of H-pyrrole nitrogens is 1. The molecule has 5 nitrogen and oxygen atoms in total. The van der Waals surface area contributed by atoms with E-state index in [1.165, 1.54) is 0 Å². The number of nitrogens with zero attached hydrogens (tertiary/aromatic N) is 1. The number of para-hydroxylation sites is 1. The van der Waals surface area contributed by atoms with Crippen LogP contribution in [0.2, 0.25) is 5.02 Å². The number of aromatic nitrogens is 2. The SMILES string of the molecule is COc1cccc(-c2nc(=S)c3c([nH]2)Oc2ccc(Cl)cc2C3)c1OC. The number of benzene rings is 2. The molecule has 2 aromatic carbocycles. The molecular formula is C19H15ClN2O3S. The highest BCUT2D eigenvalue weighted by molar-refractivity contribution is 7.71. The molecule has 2 heterocycles. The molecule has 0 saturated heterocycles. The van der Waals surface area contributed by atoms with Gasteiger partial charge in [-0.1, -0.05) is 29.9 Å². The molecule has 132 valence electrons. The third kappa shape index (κ3) is 2.81. The monoisotopic (exact) mass is 386 g/mol. The number of rotatable bonds is 3. The maximum atomic E-state index is 6.08. The summed E-state index contributed by atoms with van der Waals surface area (Å²) in [6, 6.07) is 11.1. The third-order valence-electron chi connectivity index (χ3n) is 4.24. The second-order valence-corrected chi connectivity index (χ2v) is 6.59. The number of methoxy groups -OCH3 is 2. The van der Waals surface area contributed by atoms with Crippen LogP contribution in [0, 0.1) is 4.64 Å². The lowest BCUT2D eigenvalue weighted by Crippen LogP contribution is -2.08. The second-order valence-electron chi connectivity index (χ2n) is 5.77. The molecule has 0 amide bonds. The minimum atomic E-state index is 0.476. The highest BCUT2D eigenvalue weighted by atomic mass is 35.5. The van der Waals surface area contributed by atoms with Crippen LogP contribution in [0.1, 0.15) is 11.1 Å². The van der Waals surface area contributed by atoms with Crippen molar-refractivity contribution in [3.63, 3.8) is 0 Å². The average molecular weight is 387 g/mol. The van der Waals surface area contributed by atoms with Crippen LogP contribution in [-0.4, -0.2) is 24.2 Å². The Bertz CT molecular complexity index is 1070. The summed E-state index contributed by atoms with van der Waals surface area (Å²) in [4.78, 5) is 7.78. The summed E-state index contributed by atoms with van der Waals surface area (Å²) in [5, 5.41) is 0.663. The maximum absolute atomic E-state index is 6.08. The molecule has 0 bridgehead atoms.